The zero-order valence-electron chi connectivity index (χ0n) is 11.2. The van der Waals surface area contributed by atoms with Crippen LogP contribution in [0.1, 0.15) is 26.7 Å². The number of hydrogen-bond acceptors (Lipinski definition) is 5. The third-order valence-corrected chi connectivity index (χ3v) is 4.29. The van der Waals surface area contributed by atoms with Crippen LogP contribution in [0.2, 0.25) is 0 Å². The summed E-state index contributed by atoms with van der Waals surface area (Å²) in [5.74, 6) is -0.773. The molecule has 0 saturated carbocycles. The number of carbonyl (C=O) groups is 3. The summed E-state index contributed by atoms with van der Waals surface area (Å²) in [4.78, 5) is 35.8. The molecule has 19 heavy (non-hydrogen) atoms. The predicted molar refractivity (Wildman–Crippen MR) is 72.6 cm³/mol. The predicted octanol–water partition coefficient (Wildman–Crippen LogP) is -0.246. The molecule has 0 radical (unpaired) electrons. The zero-order valence-corrected chi connectivity index (χ0v) is 12.0. The maximum Gasteiger partial charge on any atom is 0.246 e. The molecule has 3 amide bonds. The van der Waals surface area contributed by atoms with Crippen molar-refractivity contribution >= 4 is 29.5 Å². The highest BCUT2D eigenvalue weighted by atomic mass is 32.2. The number of carbonyl (C=O) groups excluding carboxylic acids is 3. The molecule has 0 spiro atoms. The molecule has 7 heteroatoms. The maximum absolute atomic E-state index is 11.5. The van der Waals surface area contributed by atoms with Crippen molar-refractivity contribution in [2.24, 2.45) is 0 Å². The van der Waals surface area contributed by atoms with E-state index >= 15 is 0 Å². The summed E-state index contributed by atoms with van der Waals surface area (Å²) < 4.78 is 0. The number of hydrogen-bond donors (Lipinski definition) is 2. The van der Waals surface area contributed by atoms with Crippen LogP contribution in [0.15, 0.2) is 0 Å². The second-order valence-corrected chi connectivity index (χ2v) is 6.01. The van der Waals surface area contributed by atoms with E-state index < -0.39 is 17.9 Å². The number of nitrogens with zero attached hydrogens (tertiary/aromatic N) is 1. The Morgan fingerprint density at radius 1 is 1.42 bits per heavy atom. The van der Waals surface area contributed by atoms with Crippen LogP contribution in [-0.4, -0.2) is 57.9 Å². The Balaban J connectivity index is 2.24. The first-order chi connectivity index (χ1) is 8.90. The second kappa shape index (κ2) is 7.49. The number of likely N-dealkylation sites (tertiary alicyclic amines) is 1. The Hall–Kier alpha value is -1.08. The van der Waals surface area contributed by atoms with Crippen LogP contribution in [-0.2, 0) is 14.4 Å². The molecule has 2 N–H and O–H groups in total. The lowest BCUT2D eigenvalue weighted by Crippen LogP contribution is -2.41. The van der Waals surface area contributed by atoms with Crippen molar-refractivity contribution in [1.82, 2.24) is 10.2 Å². The Morgan fingerprint density at radius 3 is 2.63 bits per heavy atom. The van der Waals surface area contributed by atoms with Crippen LogP contribution >= 0.6 is 11.8 Å². The molecule has 1 aliphatic heterocycles. The zero-order chi connectivity index (χ0) is 14.4. The third-order valence-electron chi connectivity index (χ3n) is 2.94. The highest BCUT2D eigenvalue weighted by molar-refractivity contribution is 8.00. The van der Waals surface area contributed by atoms with Gasteiger partial charge >= 0.3 is 0 Å². The molecule has 0 aromatic rings. The minimum Gasteiger partial charge on any atom is -0.392 e. The monoisotopic (exact) mass is 288 g/mol. The number of nitrogens with one attached hydrogen (secondary N) is 1. The van der Waals surface area contributed by atoms with Gasteiger partial charge in [0.15, 0.2) is 0 Å². The van der Waals surface area contributed by atoms with E-state index in [4.69, 9.17) is 0 Å². The highest BCUT2D eigenvalue weighted by Crippen LogP contribution is 2.13. The lowest BCUT2D eigenvalue weighted by Gasteiger charge is -2.15. The van der Waals surface area contributed by atoms with E-state index in [1.165, 1.54) is 16.7 Å². The van der Waals surface area contributed by atoms with Gasteiger partial charge < -0.3 is 10.0 Å². The Kier molecular flexibility index (Phi) is 6.30. The summed E-state index contributed by atoms with van der Waals surface area (Å²) in [6.07, 6.45) is 0.737. The van der Waals surface area contributed by atoms with Gasteiger partial charge in [-0.15, -0.1) is 11.8 Å². The molecule has 108 valence electrons. The standard InChI is InChI=1S/C12H20N2O4S/c1-8(15)9(2)19-7-11(17)13-10(16)6-14-5-3-4-12(14)18/h8-9,15H,3-7H2,1-2H3,(H,13,16,17). The Morgan fingerprint density at radius 2 is 2.11 bits per heavy atom. The van der Waals surface area contributed by atoms with Crippen molar-refractivity contribution in [3.05, 3.63) is 0 Å². The van der Waals surface area contributed by atoms with Crippen molar-refractivity contribution < 1.29 is 19.5 Å². The molecule has 0 bridgehead atoms. The molecule has 2 unspecified atom stereocenters. The molecule has 0 aromatic heterocycles. The summed E-state index contributed by atoms with van der Waals surface area (Å²) in [6.45, 7) is 3.99. The van der Waals surface area contributed by atoms with Gasteiger partial charge in [-0.25, -0.2) is 0 Å². The van der Waals surface area contributed by atoms with E-state index in [0.29, 0.717) is 13.0 Å². The van der Waals surface area contributed by atoms with Crippen LogP contribution in [0.5, 0.6) is 0 Å². The van der Waals surface area contributed by atoms with Gasteiger partial charge in [-0.3, -0.25) is 19.7 Å². The SMILES string of the molecule is CC(O)C(C)SCC(=O)NC(=O)CN1CCCC1=O. The molecule has 1 rings (SSSR count). The Labute approximate surface area is 116 Å². The molecular weight excluding hydrogens is 268 g/mol. The summed E-state index contributed by atoms with van der Waals surface area (Å²) >= 11 is 1.28. The van der Waals surface area contributed by atoms with Crippen LogP contribution in [0.4, 0.5) is 0 Å². The second-order valence-electron chi connectivity index (χ2n) is 4.65. The van der Waals surface area contributed by atoms with Gasteiger partial charge in [-0.2, -0.15) is 0 Å². The van der Waals surface area contributed by atoms with Gasteiger partial charge in [0, 0.05) is 18.2 Å². The molecule has 6 nitrogen and oxygen atoms in total. The van der Waals surface area contributed by atoms with E-state index in [-0.39, 0.29) is 23.5 Å². The Bertz CT molecular complexity index is 360. The molecule has 1 aliphatic rings. The van der Waals surface area contributed by atoms with Gasteiger partial charge in [0.1, 0.15) is 0 Å². The van der Waals surface area contributed by atoms with E-state index in [1.54, 1.807) is 6.92 Å². The normalized spacial score (nSPS) is 18.3. The number of imide groups is 1. The summed E-state index contributed by atoms with van der Waals surface area (Å²) in [7, 11) is 0. The topological polar surface area (TPSA) is 86.7 Å². The van der Waals surface area contributed by atoms with E-state index in [9.17, 15) is 19.5 Å². The summed E-state index contributed by atoms with van der Waals surface area (Å²) in [5.41, 5.74) is 0. The van der Waals surface area contributed by atoms with Crippen LogP contribution in [0.3, 0.4) is 0 Å². The van der Waals surface area contributed by atoms with Crippen LogP contribution in [0, 0.1) is 0 Å². The maximum atomic E-state index is 11.5. The third kappa shape index (κ3) is 5.61. The molecule has 1 heterocycles. The quantitative estimate of drug-likeness (QED) is 0.704. The molecule has 2 atom stereocenters. The first-order valence-corrected chi connectivity index (χ1v) is 7.35. The average molecular weight is 288 g/mol. The first kappa shape index (κ1) is 16.0. The van der Waals surface area contributed by atoms with Gasteiger partial charge in [-0.05, 0) is 13.3 Å². The van der Waals surface area contributed by atoms with Gasteiger partial charge in [0.05, 0.1) is 18.4 Å². The molecule has 0 aliphatic carbocycles. The number of rotatable bonds is 6. The smallest absolute Gasteiger partial charge is 0.246 e. The average Bonchev–Trinajstić information content (AvgIpc) is 2.71. The highest BCUT2D eigenvalue weighted by Gasteiger charge is 2.23. The molecule has 1 saturated heterocycles. The molecule has 0 aromatic carbocycles. The van der Waals surface area contributed by atoms with E-state index in [1.807, 2.05) is 6.92 Å². The van der Waals surface area contributed by atoms with Gasteiger partial charge in [0.2, 0.25) is 17.7 Å². The van der Waals surface area contributed by atoms with Gasteiger partial charge in [-0.1, -0.05) is 6.92 Å². The minimum atomic E-state index is -0.504. The summed E-state index contributed by atoms with van der Waals surface area (Å²) in [5, 5.41) is 11.4. The van der Waals surface area contributed by atoms with Crippen LogP contribution < -0.4 is 5.32 Å². The largest absolute Gasteiger partial charge is 0.392 e. The fourth-order valence-electron chi connectivity index (χ4n) is 1.62. The minimum absolute atomic E-state index is 0.0419. The van der Waals surface area contributed by atoms with Crippen molar-refractivity contribution in [3.8, 4) is 0 Å². The van der Waals surface area contributed by atoms with Crippen molar-refractivity contribution in [2.45, 2.75) is 38.0 Å². The number of amides is 3. The lowest BCUT2D eigenvalue weighted by molar-refractivity contribution is -0.135. The molecule has 1 fully saturated rings. The first-order valence-electron chi connectivity index (χ1n) is 6.30. The van der Waals surface area contributed by atoms with Crippen molar-refractivity contribution in [1.29, 1.82) is 0 Å². The van der Waals surface area contributed by atoms with Crippen LogP contribution in [0.25, 0.3) is 0 Å². The van der Waals surface area contributed by atoms with Gasteiger partial charge in [0.25, 0.3) is 0 Å². The fourth-order valence-corrected chi connectivity index (χ4v) is 2.39. The number of aliphatic hydroxyl groups is 1. The van der Waals surface area contributed by atoms with Crippen molar-refractivity contribution in [2.75, 3.05) is 18.8 Å². The lowest BCUT2D eigenvalue weighted by atomic mass is 10.3. The fraction of sp³-hybridized carbons (Fsp3) is 0.750. The van der Waals surface area contributed by atoms with E-state index in [2.05, 4.69) is 5.32 Å². The molecular formula is C12H20N2O4S. The number of thioether (sulfide) groups is 1. The van der Waals surface area contributed by atoms with E-state index in [0.717, 1.165) is 6.42 Å². The van der Waals surface area contributed by atoms with Crippen molar-refractivity contribution in [3.63, 3.8) is 0 Å². The summed E-state index contributed by atoms with van der Waals surface area (Å²) in [6, 6.07) is 0. The number of aliphatic hydroxyl groups excluding tert-OH is 1.